The van der Waals surface area contributed by atoms with Crippen molar-refractivity contribution in [3.63, 3.8) is 0 Å². The van der Waals surface area contributed by atoms with Crippen molar-refractivity contribution in [1.82, 2.24) is 10.3 Å². The number of rotatable bonds is 6. The number of ether oxygens (including phenoxy) is 1. The van der Waals surface area contributed by atoms with Crippen LogP contribution in [0.4, 0.5) is 13.2 Å². The molecule has 1 unspecified atom stereocenters. The molecule has 0 aliphatic rings. The van der Waals surface area contributed by atoms with Crippen molar-refractivity contribution in [3.8, 4) is 5.88 Å². The smallest absolute Gasteiger partial charge is 0.421 e. The molecule has 0 aliphatic carbocycles. The zero-order chi connectivity index (χ0) is 19.4. The third-order valence-electron chi connectivity index (χ3n) is 2.96. The highest BCUT2D eigenvalue weighted by Crippen LogP contribution is 2.34. The van der Waals surface area contributed by atoms with E-state index >= 15 is 0 Å². The summed E-state index contributed by atoms with van der Waals surface area (Å²) >= 11 is 0. The van der Waals surface area contributed by atoms with Crippen LogP contribution in [-0.2, 0) is 15.7 Å². The Morgan fingerprint density at radius 1 is 1.32 bits per heavy atom. The second-order valence-corrected chi connectivity index (χ2v) is 6.38. The van der Waals surface area contributed by atoms with Crippen LogP contribution in [0.5, 0.6) is 5.88 Å². The van der Waals surface area contributed by atoms with Crippen molar-refractivity contribution in [1.29, 1.82) is 0 Å². The molecule has 0 spiro atoms. The Kier molecular flexibility index (Phi) is 6.53. The normalized spacial score (nSPS) is 13.4. The number of hydrogen-bond acceptors (Lipinski definition) is 6. The number of Topliss-reactive ketones (excluding diaryl/α,β-unsaturated/α-hetero) is 1. The Morgan fingerprint density at radius 2 is 1.92 bits per heavy atom. The molecule has 1 aromatic heterocycles. The second kappa shape index (κ2) is 7.81. The number of carbonyl (C=O) groups excluding carboxylic acids is 2. The molecular formula is C16H21F3N2O4. The van der Waals surface area contributed by atoms with E-state index in [1.54, 1.807) is 27.7 Å². The highest BCUT2D eigenvalue weighted by atomic mass is 19.4. The van der Waals surface area contributed by atoms with Crippen LogP contribution in [0, 0.1) is 0 Å². The standard InChI is InChI=1S/C16H21F3N2O4/c1-5-6-20-11(14(24)25-15(2,3)4)12(22)9-7-10(16(17,18)19)13(23)21-8-9/h7-8,11,20H,5-6H2,1-4H3,(H,21,23). The highest BCUT2D eigenvalue weighted by molar-refractivity contribution is 6.12. The maximum absolute atomic E-state index is 12.9. The number of halogens is 3. The van der Waals surface area contributed by atoms with Crippen molar-refractivity contribution in [3.05, 3.63) is 23.4 Å². The van der Waals surface area contributed by atoms with Crippen LogP contribution in [0.3, 0.4) is 0 Å². The van der Waals surface area contributed by atoms with Gasteiger partial charge >= 0.3 is 12.1 Å². The zero-order valence-corrected chi connectivity index (χ0v) is 14.4. The van der Waals surface area contributed by atoms with E-state index in [1.165, 1.54) is 0 Å². The van der Waals surface area contributed by atoms with Gasteiger partial charge in [0.1, 0.15) is 11.2 Å². The van der Waals surface area contributed by atoms with Crippen molar-refractivity contribution < 1.29 is 32.6 Å². The number of carbonyl (C=O) groups is 2. The highest BCUT2D eigenvalue weighted by Gasteiger charge is 2.37. The SMILES string of the molecule is CCCNC(C(=O)OC(C)(C)C)C(=O)c1cnc(O)c(C(F)(F)F)c1. The summed E-state index contributed by atoms with van der Waals surface area (Å²) in [5, 5.41) is 11.9. The van der Waals surface area contributed by atoms with E-state index in [9.17, 15) is 27.9 Å². The molecule has 25 heavy (non-hydrogen) atoms. The van der Waals surface area contributed by atoms with Gasteiger partial charge < -0.3 is 9.84 Å². The first-order valence-corrected chi connectivity index (χ1v) is 7.63. The summed E-state index contributed by atoms with van der Waals surface area (Å²) in [4.78, 5) is 27.9. The molecule has 1 rings (SSSR count). The van der Waals surface area contributed by atoms with E-state index < -0.39 is 46.6 Å². The number of pyridine rings is 1. The molecule has 1 heterocycles. The summed E-state index contributed by atoms with van der Waals surface area (Å²) in [7, 11) is 0. The molecule has 6 nitrogen and oxygen atoms in total. The van der Waals surface area contributed by atoms with Gasteiger partial charge in [-0.2, -0.15) is 13.2 Å². The van der Waals surface area contributed by atoms with E-state index in [1.807, 2.05) is 0 Å². The minimum absolute atomic E-state index is 0.285. The predicted octanol–water partition coefficient (Wildman–Crippen LogP) is 2.70. The molecule has 0 amide bonds. The van der Waals surface area contributed by atoms with E-state index in [4.69, 9.17) is 4.74 Å². The van der Waals surface area contributed by atoms with E-state index in [0.29, 0.717) is 12.5 Å². The number of nitrogens with one attached hydrogen (secondary N) is 1. The average Bonchev–Trinajstić information content (AvgIpc) is 2.44. The Morgan fingerprint density at radius 3 is 2.40 bits per heavy atom. The second-order valence-electron chi connectivity index (χ2n) is 6.38. The van der Waals surface area contributed by atoms with Crippen molar-refractivity contribution >= 4 is 11.8 Å². The monoisotopic (exact) mass is 362 g/mol. The quantitative estimate of drug-likeness (QED) is 0.460. The largest absolute Gasteiger partial charge is 0.493 e. The van der Waals surface area contributed by atoms with Crippen LogP contribution in [0.2, 0.25) is 0 Å². The number of nitrogens with zero attached hydrogens (tertiary/aromatic N) is 1. The number of aromatic hydroxyl groups is 1. The van der Waals surface area contributed by atoms with E-state index in [-0.39, 0.29) is 6.54 Å². The van der Waals surface area contributed by atoms with Crippen LogP contribution in [-0.4, -0.2) is 40.0 Å². The van der Waals surface area contributed by atoms with Gasteiger partial charge in [-0.25, -0.2) is 9.78 Å². The molecule has 0 radical (unpaired) electrons. The summed E-state index contributed by atoms with van der Waals surface area (Å²) in [5.74, 6) is -3.05. The van der Waals surface area contributed by atoms with Gasteiger partial charge in [-0.15, -0.1) is 0 Å². The third-order valence-corrected chi connectivity index (χ3v) is 2.96. The number of alkyl halides is 3. The number of ketones is 1. The first-order chi connectivity index (χ1) is 11.4. The summed E-state index contributed by atoms with van der Waals surface area (Å²) in [6.07, 6.45) is -3.50. The van der Waals surface area contributed by atoms with Crippen LogP contribution in [0.25, 0.3) is 0 Å². The van der Waals surface area contributed by atoms with E-state index in [0.717, 1.165) is 6.20 Å². The van der Waals surface area contributed by atoms with Crippen molar-refractivity contribution in [2.45, 2.75) is 51.9 Å². The molecule has 1 aromatic rings. The first kappa shape index (κ1) is 20.9. The molecule has 140 valence electrons. The third kappa shape index (κ3) is 6.00. The topological polar surface area (TPSA) is 88.5 Å². The predicted molar refractivity (Wildman–Crippen MR) is 83.2 cm³/mol. The fraction of sp³-hybridized carbons (Fsp3) is 0.562. The molecule has 0 saturated heterocycles. The van der Waals surface area contributed by atoms with Gasteiger partial charge in [0.25, 0.3) is 0 Å². The molecule has 0 aliphatic heterocycles. The summed E-state index contributed by atoms with van der Waals surface area (Å²) in [6.45, 7) is 6.91. The molecular weight excluding hydrogens is 341 g/mol. The maximum atomic E-state index is 12.9. The Balaban J connectivity index is 3.19. The number of aromatic nitrogens is 1. The molecule has 0 aromatic carbocycles. The lowest BCUT2D eigenvalue weighted by Crippen LogP contribution is -2.47. The van der Waals surface area contributed by atoms with Crippen molar-refractivity contribution in [2.24, 2.45) is 0 Å². The molecule has 2 N–H and O–H groups in total. The van der Waals surface area contributed by atoms with E-state index in [2.05, 4.69) is 10.3 Å². The molecule has 1 atom stereocenters. The Labute approximate surface area is 143 Å². The minimum Gasteiger partial charge on any atom is -0.493 e. The van der Waals surface area contributed by atoms with Gasteiger partial charge in [0.2, 0.25) is 5.88 Å². The molecule has 9 heteroatoms. The maximum Gasteiger partial charge on any atom is 0.421 e. The molecule has 0 fully saturated rings. The van der Waals surface area contributed by atoms with Gasteiger partial charge in [-0.05, 0) is 39.8 Å². The van der Waals surface area contributed by atoms with Crippen LogP contribution < -0.4 is 5.32 Å². The van der Waals surface area contributed by atoms with Gasteiger partial charge in [0, 0.05) is 11.8 Å². The molecule has 0 bridgehead atoms. The first-order valence-electron chi connectivity index (χ1n) is 7.63. The summed E-state index contributed by atoms with van der Waals surface area (Å²) in [6, 6.07) is -0.998. The van der Waals surface area contributed by atoms with Crippen LogP contribution >= 0.6 is 0 Å². The molecule has 0 saturated carbocycles. The van der Waals surface area contributed by atoms with Crippen LogP contribution in [0.15, 0.2) is 12.3 Å². The average molecular weight is 362 g/mol. The summed E-state index contributed by atoms with van der Waals surface area (Å²) < 4.78 is 43.7. The fourth-order valence-electron chi connectivity index (χ4n) is 1.90. The number of hydrogen-bond donors (Lipinski definition) is 2. The Hall–Kier alpha value is -2.16. The van der Waals surface area contributed by atoms with Crippen LogP contribution in [0.1, 0.15) is 50.0 Å². The van der Waals surface area contributed by atoms with Gasteiger partial charge in [0.15, 0.2) is 11.8 Å². The number of esters is 1. The minimum atomic E-state index is -4.88. The lowest BCUT2D eigenvalue weighted by Gasteiger charge is -2.24. The van der Waals surface area contributed by atoms with Gasteiger partial charge in [-0.3, -0.25) is 10.1 Å². The lowest BCUT2D eigenvalue weighted by molar-refractivity contribution is -0.155. The Bertz CT molecular complexity index is 639. The fourth-order valence-corrected chi connectivity index (χ4v) is 1.90. The summed E-state index contributed by atoms with van der Waals surface area (Å²) in [5.41, 5.74) is -2.77. The zero-order valence-electron chi connectivity index (χ0n) is 14.4. The van der Waals surface area contributed by atoms with Crippen molar-refractivity contribution in [2.75, 3.05) is 6.54 Å². The van der Waals surface area contributed by atoms with Gasteiger partial charge in [0.05, 0.1) is 0 Å². The van der Waals surface area contributed by atoms with Gasteiger partial charge in [-0.1, -0.05) is 6.92 Å². The lowest BCUT2D eigenvalue weighted by atomic mass is 10.0.